The van der Waals surface area contributed by atoms with E-state index in [1.807, 2.05) is 0 Å². The highest BCUT2D eigenvalue weighted by molar-refractivity contribution is 5.95. The first-order valence-electron chi connectivity index (χ1n) is 4.13. The van der Waals surface area contributed by atoms with Crippen molar-refractivity contribution >= 4 is 5.91 Å². The lowest BCUT2D eigenvalue weighted by Gasteiger charge is -2.15. The molecule has 1 aromatic carbocycles. The molecule has 0 aromatic heterocycles. The molecule has 0 radical (unpaired) electrons. The second-order valence-electron chi connectivity index (χ2n) is 3.10. The number of amides is 1. The van der Waals surface area contributed by atoms with Gasteiger partial charge < -0.3 is 0 Å². The van der Waals surface area contributed by atoms with Crippen molar-refractivity contribution in [2.24, 2.45) is 5.84 Å². The summed E-state index contributed by atoms with van der Waals surface area (Å²) in [7, 11) is 1.08. The Hall–Kier alpha value is -1.63. The first kappa shape index (κ1) is 12.4. The number of nitrogens with zero attached hydrogens (tertiary/aromatic N) is 1. The molecular weight excluding hydrogens is 228 g/mol. The van der Waals surface area contributed by atoms with Gasteiger partial charge in [0.2, 0.25) is 0 Å². The SMILES string of the molecule is CN(N)C(=O)c1cc(F)ccc1C(F)(F)F. The molecule has 0 saturated heterocycles. The predicted molar refractivity (Wildman–Crippen MR) is 47.7 cm³/mol. The van der Waals surface area contributed by atoms with E-state index in [0.29, 0.717) is 23.2 Å². The molecule has 0 aliphatic carbocycles. The number of carbonyl (C=O) groups is 1. The third-order valence-electron chi connectivity index (χ3n) is 1.84. The minimum atomic E-state index is -4.73. The van der Waals surface area contributed by atoms with Gasteiger partial charge in [0.15, 0.2) is 0 Å². The highest BCUT2D eigenvalue weighted by atomic mass is 19.4. The van der Waals surface area contributed by atoms with Crippen molar-refractivity contribution in [2.75, 3.05) is 7.05 Å². The molecular formula is C9H8F4N2O. The first-order chi connectivity index (χ1) is 7.23. The van der Waals surface area contributed by atoms with Crippen LogP contribution in [-0.4, -0.2) is 18.0 Å². The summed E-state index contributed by atoms with van der Waals surface area (Å²) >= 11 is 0. The number of hydrazine groups is 1. The predicted octanol–water partition coefficient (Wildman–Crippen LogP) is 1.79. The number of rotatable bonds is 1. The molecule has 0 atom stereocenters. The van der Waals surface area contributed by atoms with Crippen LogP contribution in [-0.2, 0) is 6.18 Å². The number of nitrogens with two attached hydrogens (primary N) is 1. The van der Waals surface area contributed by atoms with E-state index in [-0.39, 0.29) is 0 Å². The summed E-state index contributed by atoms with van der Waals surface area (Å²) in [6.07, 6.45) is -4.73. The van der Waals surface area contributed by atoms with E-state index in [2.05, 4.69) is 0 Å². The number of hydrogen-bond acceptors (Lipinski definition) is 2. The summed E-state index contributed by atoms with van der Waals surface area (Å²) in [5.41, 5.74) is -2.02. The molecule has 0 fully saturated rings. The lowest BCUT2D eigenvalue weighted by atomic mass is 10.1. The zero-order valence-corrected chi connectivity index (χ0v) is 8.18. The molecule has 0 aliphatic heterocycles. The van der Waals surface area contributed by atoms with Crippen molar-refractivity contribution in [1.82, 2.24) is 5.01 Å². The molecule has 2 N–H and O–H groups in total. The van der Waals surface area contributed by atoms with Gasteiger partial charge in [0.25, 0.3) is 5.91 Å². The fraction of sp³-hybridized carbons (Fsp3) is 0.222. The van der Waals surface area contributed by atoms with Crippen LogP contribution in [0.25, 0.3) is 0 Å². The molecule has 0 spiro atoms. The second-order valence-corrected chi connectivity index (χ2v) is 3.10. The number of halogens is 4. The Morgan fingerprint density at radius 3 is 2.38 bits per heavy atom. The Bertz CT molecular complexity index is 414. The average Bonchev–Trinajstić information content (AvgIpc) is 2.14. The van der Waals surface area contributed by atoms with E-state index in [1.54, 1.807) is 0 Å². The molecule has 1 aromatic rings. The summed E-state index contributed by atoms with van der Waals surface area (Å²) in [5.74, 6) is 2.99. The Balaban J connectivity index is 3.35. The summed E-state index contributed by atoms with van der Waals surface area (Å²) in [5, 5.41) is 0.462. The van der Waals surface area contributed by atoms with Crippen molar-refractivity contribution in [3.8, 4) is 0 Å². The minimum absolute atomic E-state index is 0.462. The van der Waals surface area contributed by atoms with Crippen molar-refractivity contribution in [3.05, 3.63) is 35.1 Å². The summed E-state index contributed by atoms with van der Waals surface area (Å²) in [6.45, 7) is 0. The molecule has 0 heterocycles. The van der Waals surface area contributed by atoms with Crippen LogP contribution >= 0.6 is 0 Å². The van der Waals surface area contributed by atoms with Crippen LogP contribution < -0.4 is 5.84 Å². The fourth-order valence-corrected chi connectivity index (χ4v) is 1.13. The van der Waals surface area contributed by atoms with Crippen molar-refractivity contribution in [1.29, 1.82) is 0 Å². The van der Waals surface area contributed by atoms with Crippen LogP contribution in [0.3, 0.4) is 0 Å². The monoisotopic (exact) mass is 236 g/mol. The van der Waals surface area contributed by atoms with E-state index >= 15 is 0 Å². The smallest absolute Gasteiger partial charge is 0.280 e. The van der Waals surface area contributed by atoms with Gasteiger partial charge in [-0.3, -0.25) is 9.80 Å². The molecule has 0 unspecified atom stereocenters. The molecule has 7 heteroatoms. The number of alkyl halides is 3. The van der Waals surface area contributed by atoms with Gasteiger partial charge in [-0.1, -0.05) is 0 Å². The van der Waals surface area contributed by atoms with Gasteiger partial charge in [0.05, 0.1) is 11.1 Å². The quantitative estimate of drug-likeness (QED) is 0.349. The van der Waals surface area contributed by atoms with Crippen molar-refractivity contribution < 1.29 is 22.4 Å². The number of carbonyl (C=O) groups excluding carboxylic acids is 1. The molecule has 0 bridgehead atoms. The van der Waals surface area contributed by atoms with Crippen LogP contribution in [0.5, 0.6) is 0 Å². The fourth-order valence-electron chi connectivity index (χ4n) is 1.13. The highest BCUT2D eigenvalue weighted by Gasteiger charge is 2.35. The van der Waals surface area contributed by atoms with Gasteiger partial charge in [-0.15, -0.1) is 0 Å². The van der Waals surface area contributed by atoms with Gasteiger partial charge in [0, 0.05) is 7.05 Å². The van der Waals surface area contributed by atoms with Gasteiger partial charge in [-0.05, 0) is 18.2 Å². The van der Waals surface area contributed by atoms with Crippen molar-refractivity contribution in [2.45, 2.75) is 6.18 Å². The molecule has 88 valence electrons. The zero-order chi connectivity index (χ0) is 12.5. The second kappa shape index (κ2) is 4.09. The van der Waals surface area contributed by atoms with E-state index in [9.17, 15) is 22.4 Å². The molecule has 1 rings (SSSR count). The van der Waals surface area contributed by atoms with Crippen LogP contribution in [0.15, 0.2) is 18.2 Å². The maximum absolute atomic E-state index is 12.8. The Morgan fingerprint density at radius 1 is 1.38 bits per heavy atom. The van der Waals surface area contributed by atoms with Gasteiger partial charge in [-0.2, -0.15) is 13.2 Å². The Labute approximate surface area is 88.4 Å². The summed E-state index contributed by atoms with van der Waals surface area (Å²) in [6, 6.07) is 1.65. The lowest BCUT2D eigenvalue weighted by molar-refractivity contribution is -0.138. The summed E-state index contributed by atoms with van der Waals surface area (Å²) < 4.78 is 50.2. The largest absolute Gasteiger partial charge is 0.417 e. The average molecular weight is 236 g/mol. The number of hydrogen-bond donors (Lipinski definition) is 1. The van der Waals surface area contributed by atoms with Gasteiger partial charge >= 0.3 is 6.18 Å². The van der Waals surface area contributed by atoms with Crippen LogP contribution in [0.2, 0.25) is 0 Å². The molecule has 3 nitrogen and oxygen atoms in total. The summed E-state index contributed by atoms with van der Waals surface area (Å²) in [4.78, 5) is 11.3. The minimum Gasteiger partial charge on any atom is -0.280 e. The van der Waals surface area contributed by atoms with E-state index < -0.39 is 29.0 Å². The molecule has 0 aliphatic rings. The topological polar surface area (TPSA) is 46.3 Å². The maximum atomic E-state index is 12.8. The van der Waals surface area contributed by atoms with Crippen LogP contribution in [0.4, 0.5) is 17.6 Å². The standard InChI is InChI=1S/C9H8F4N2O/c1-15(14)8(16)6-4-5(10)2-3-7(6)9(11,12)13/h2-4H,14H2,1H3. The van der Waals surface area contributed by atoms with E-state index in [1.165, 1.54) is 0 Å². The molecule has 1 amide bonds. The van der Waals surface area contributed by atoms with E-state index in [4.69, 9.17) is 5.84 Å². The highest BCUT2D eigenvalue weighted by Crippen LogP contribution is 2.32. The number of benzene rings is 1. The maximum Gasteiger partial charge on any atom is 0.417 e. The molecule has 0 saturated carbocycles. The normalized spacial score (nSPS) is 11.4. The Morgan fingerprint density at radius 2 is 1.94 bits per heavy atom. The first-order valence-corrected chi connectivity index (χ1v) is 4.13. The van der Waals surface area contributed by atoms with Crippen LogP contribution in [0.1, 0.15) is 15.9 Å². The lowest BCUT2D eigenvalue weighted by Crippen LogP contribution is -2.34. The third-order valence-corrected chi connectivity index (χ3v) is 1.84. The van der Waals surface area contributed by atoms with Gasteiger partial charge in [-0.25, -0.2) is 10.2 Å². The van der Waals surface area contributed by atoms with Crippen LogP contribution in [0, 0.1) is 5.82 Å². The Kier molecular flexibility index (Phi) is 3.18. The van der Waals surface area contributed by atoms with Crippen molar-refractivity contribution in [3.63, 3.8) is 0 Å². The molecule has 16 heavy (non-hydrogen) atoms. The van der Waals surface area contributed by atoms with Gasteiger partial charge in [0.1, 0.15) is 5.82 Å². The zero-order valence-electron chi connectivity index (χ0n) is 8.18. The third kappa shape index (κ3) is 2.48. The van der Waals surface area contributed by atoms with E-state index in [0.717, 1.165) is 7.05 Å².